The second kappa shape index (κ2) is 10.00. The molecule has 192 valence electrons. The summed E-state index contributed by atoms with van der Waals surface area (Å²) in [6.45, 7) is 2.36. The molecule has 2 unspecified atom stereocenters. The second-order valence-electron chi connectivity index (χ2n) is 9.25. The van der Waals surface area contributed by atoms with Gasteiger partial charge in [0, 0.05) is 31.5 Å². The molecule has 0 radical (unpaired) electrons. The monoisotopic (exact) mass is 514 g/mol. The van der Waals surface area contributed by atoms with Crippen molar-refractivity contribution in [2.24, 2.45) is 5.14 Å². The number of carbonyl (C=O) groups excluding carboxylic acids is 2. The molecular formula is C25H30N4O6S. The first-order chi connectivity index (χ1) is 17.1. The van der Waals surface area contributed by atoms with Crippen molar-refractivity contribution >= 4 is 27.8 Å². The van der Waals surface area contributed by atoms with Crippen LogP contribution < -0.4 is 10.5 Å². The van der Waals surface area contributed by atoms with Crippen LogP contribution in [-0.2, 0) is 26.0 Å². The molecule has 4 rings (SSSR count). The molecule has 2 aliphatic rings. The highest BCUT2D eigenvalue weighted by Gasteiger charge is 2.55. The Morgan fingerprint density at radius 2 is 1.72 bits per heavy atom. The highest BCUT2D eigenvalue weighted by Crippen LogP contribution is 2.36. The Morgan fingerprint density at radius 3 is 2.25 bits per heavy atom. The zero-order valence-corrected chi connectivity index (χ0v) is 20.8. The Balaban J connectivity index is 1.54. The van der Waals surface area contributed by atoms with Crippen molar-refractivity contribution in [1.82, 2.24) is 15.1 Å². The zero-order valence-electron chi connectivity index (χ0n) is 20.0. The molecular weight excluding hydrogens is 484 g/mol. The van der Waals surface area contributed by atoms with Crippen LogP contribution in [0, 0.1) is 0 Å². The standard InChI is InChI=1S/C25H30N4O6S/c1-2-21(24(32)33)29-23(31)20(16-17-6-4-3-5-7-17)27-25(29)12-14-28(15-13-25)22(30)18-8-10-19(11-9-18)36(26,34)35/h3-11,20-21,27H,2,12-16H2,1H3,(H,32,33)(H2,26,34,35). The summed E-state index contributed by atoms with van der Waals surface area (Å²) >= 11 is 0. The summed E-state index contributed by atoms with van der Waals surface area (Å²) in [5, 5.41) is 18.4. The number of carboxylic acid groups (broad SMARTS) is 1. The fourth-order valence-corrected chi connectivity index (χ4v) is 5.69. The molecule has 2 aromatic carbocycles. The third-order valence-electron chi connectivity index (χ3n) is 7.01. The molecule has 1 spiro atoms. The van der Waals surface area contributed by atoms with E-state index in [-0.39, 0.29) is 23.1 Å². The van der Waals surface area contributed by atoms with Crippen LogP contribution in [-0.4, -0.2) is 71.9 Å². The molecule has 2 aliphatic heterocycles. The van der Waals surface area contributed by atoms with Crippen molar-refractivity contribution in [2.75, 3.05) is 13.1 Å². The fraction of sp³-hybridized carbons (Fsp3) is 0.400. The van der Waals surface area contributed by atoms with Gasteiger partial charge in [0.25, 0.3) is 5.91 Å². The molecule has 0 saturated carbocycles. The van der Waals surface area contributed by atoms with Gasteiger partial charge in [0.15, 0.2) is 0 Å². The van der Waals surface area contributed by atoms with Crippen LogP contribution in [0.4, 0.5) is 0 Å². The highest BCUT2D eigenvalue weighted by molar-refractivity contribution is 7.89. The summed E-state index contributed by atoms with van der Waals surface area (Å²) in [5.74, 6) is -1.57. The number of aliphatic carboxylic acids is 1. The van der Waals surface area contributed by atoms with Crippen molar-refractivity contribution in [3.05, 3.63) is 65.7 Å². The smallest absolute Gasteiger partial charge is 0.326 e. The van der Waals surface area contributed by atoms with Crippen LogP contribution >= 0.6 is 0 Å². The molecule has 2 aromatic rings. The van der Waals surface area contributed by atoms with E-state index in [1.54, 1.807) is 11.8 Å². The summed E-state index contributed by atoms with van der Waals surface area (Å²) < 4.78 is 23.0. The Labute approximate surface area is 210 Å². The number of likely N-dealkylation sites (tertiary alicyclic amines) is 1. The van der Waals surface area contributed by atoms with Gasteiger partial charge in [-0.2, -0.15) is 0 Å². The number of sulfonamides is 1. The molecule has 4 N–H and O–H groups in total. The third kappa shape index (κ3) is 4.99. The maximum Gasteiger partial charge on any atom is 0.326 e. The van der Waals surface area contributed by atoms with Gasteiger partial charge in [0.05, 0.1) is 16.6 Å². The Bertz CT molecular complexity index is 1240. The lowest BCUT2D eigenvalue weighted by Crippen LogP contribution is -2.63. The van der Waals surface area contributed by atoms with Crippen molar-refractivity contribution in [3.8, 4) is 0 Å². The largest absolute Gasteiger partial charge is 0.480 e. The predicted octanol–water partition coefficient (Wildman–Crippen LogP) is 1.17. The molecule has 2 amide bonds. The van der Waals surface area contributed by atoms with Crippen molar-refractivity contribution in [2.45, 2.75) is 55.2 Å². The number of amides is 2. The molecule has 2 fully saturated rings. The Kier molecular flexibility index (Phi) is 7.17. The molecule has 11 heteroatoms. The van der Waals surface area contributed by atoms with Gasteiger partial charge in [-0.15, -0.1) is 0 Å². The van der Waals surface area contributed by atoms with E-state index in [2.05, 4.69) is 5.32 Å². The fourth-order valence-electron chi connectivity index (χ4n) is 5.18. The summed E-state index contributed by atoms with van der Waals surface area (Å²) in [4.78, 5) is 41.7. The minimum atomic E-state index is -3.86. The van der Waals surface area contributed by atoms with Gasteiger partial charge in [-0.05, 0) is 42.7 Å². The lowest BCUT2D eigenvalue weighted by atomic mass is 9.93. The van der Waals surface area contributed by atoms with Crippen LogP contribution in [0.5, 0.6) is 0 Å². The molecule has 10 nitrogen and oxygen atoms in total. The van der Waals surface area contributed by atoms with Gasteiger partial charge < -0.3 is 14.9 Å². The first-order valence-electron chi connectivity index (χ1n) is 11.9. The van der Waals surface area contributed by atoms with Crippen LogP contribution in [0.3, 0.4) is 0 Å². The lowest BCUT2D eigenvalue weighted by molar-refractivity contribution is -0.154. The molecule has 0 aliphatic carbocycles. The second-order valence-corrected chi connectivity index (χ2v) is 10.8. The average Bonchev–Trinajstić information content (AvgIpc) is 3.10. The van der Waals surface area contributed by atoms with E-state index in [0.717, 1.165) is 5.56 Å². The van der Waals surface area contributed by atoms with Gasteiger partial charge in [-0.1, -0.05) is 37.3 Å². The summed E-state index contributed by atoms with van der Waals surface area (Å²) in [6.07, 6.45) is 1.44. The first kappa shape index (κ1) is 25.8. The number of primary sulfonamides is 1. The van der Waals surface area contributed by atoms with E-state index in [4.69, 9.17) is 5.14 Å². The maximum atomic E-state index is 13.5. The zero-order chi connectivity index (χ0) is 26.1. The quantitative estimate of drug-likeness (QED) is 0.502. The molecule has 36 heavy (non-hydrogen) atoms. The van der Waals surface area contributed by atoms with E-state index < -0.39 is 33.7 Å². The van der Waals surface area contributed by atoms with Crippen LogP contribution in [0.25, 0.3) is 0 Å². The third-order valence-corrected chi connectivity index (χ3v) is 7.94. The van der Waals surface area contributed by atoms with E-state index in [0.29, 0.717) is 37.9 Å². The SMILES string of the molecule is CCC(C(=O)O)N1C(=O)C(Cc2ccccc2)NC12CCN(C(=O)c1ccc(S(N)(=O)=O)cc1)CC2. The minimum absolute atomic E-state index is 0.0790. The first-order valence-corrected chi connectivity index (χ1v) is 13.4. The van der Waals surface area contributed by atoms with Gasteiger partial charge in [0.1, 0.15) is 6.04 Å². The highest BCUT2D eigenvalue weighted by atomic mass is 32.2. The average molecular weight is 515 g/mol. The number of piperidine rings is 1. The number of nitrogens with one attached hydrogen (secondary N) is 1. The Morgan fingerprint density at radius 1 is 1.11 bits per heavy atom. The van der Waals surface area contributed by atoms with E-state index in [9.17, 15) is 27.9 Å². The van der Waals surface area contributed by atoms with Crippen LogP contribution in [0.2, 0.25) is 0 Å². The van der Waals surface area contributed by atoms with Crippen molar-refractivity contribution in [1.29, 1.82) is 0 Å². The maximum absolute atomic E-state index is 13.5. The van der Waals surface area contributed by atoms with E-state index in [1.807, 2.05) is 30.3 Å². The predicted molar refractivity (Wildman–Crippen MR) is 131 cm³/mol. The van der Waals surface area contributed by atoms with Gasteiger partial charge >= 0.3 is 5.97 Å². The van der Waals surface area contributed by atoms with Gasteiger partial charge in [0.2, 0.25) is 15.9 Å². The van der Waals surface area contributed by atoms with Gasteiger partial charge in [-0.25, -0.2) is 18.4 Å². The minimum Gasteiger partial charge on any atom is -0.480 e. The normalized spacial score (nSPS) is 20.5. The molecule has 2 heterocycles. The summed E-state index contributed by atoms with van der Waals surface area (Å²) in [5.41, 5.74) is 0.424. The van der Waals surface area contributed by atoms with Crippen molar-refractivity contribution in [3.63, 3.8) is 0 Å². The number of hydrogen-bond acceptors (Lipinski definition) is 6. The molecule has 2 atom stereocenters. The van der Waals surface area contributed by atoms with Crippen LogP contribution in [0.1, 0.15) is 42.1 Å². The Hall–Kier alpha value is -3.28. The number of carboxylic acids is 1. The number of hydrogen-bond donors (Lipinski definition) is 3. The van der Waals surface area contributed by atoms with Gasteiger partial charge in [-0.3, -0.25) is 14.9 Å². The molecule has 2 saturated heterocycles. The number of rotatable bonds is 7. The van der Waals surface area contributed by atoms with E-state index >= 15 is 0 Å². The van der Waals surface area contributed by atoms with Crippen molar-refractivity contribution < 1.29 is 27.9 Å². The number of benzene rings is 2. The summed E-state index contributed by atoms with van der Waals surface area (Å²) in [7, 11) is -3.86. The summed E-state index contributed by atoms with van der Waals surface area (Å²) in [6, 6.07) is 13.4. The van der Waals surface area contributed by atoms with Crippen LogP contribution in [0.15, 0.2) is 59.5 Å². The number of carbonyl (C=O) groups is 3. The lowest BCUT2D eigenvalue weighted by Gasteiger charge is -2.46. The number of nitrogens with two attached hydrogens (primary N) is 1. The molecule has 0 bridgehead atoms. The number of nitrogens with zero attached hydrogens (tertiary/aromatic N) is 2. The molecule has 0 aromatic heterocycles. The van der Waals surface area contributed by atoms with E-state index in [1.165, 1.54) is 29.2 Å². The topological polar surface area (TPSA) is 150 Å².